The first-order valence-corrected chi connectivity index (χ1v) is 23.5. The summed E-state index contributed by atoms with van der Waals surface area (Å²) < 4.78 is 34.9. The predicted octanol–water partition coefficient (Wildman–Crippen LogP) is 7.72. The third-order valence-electron chi connectivity index (χ3n) is 9.03. The number of carbonyl (C=O) groups is 1. The molecule has 1 aliphatic heterocycles. The second-order valence-corrected chi connectivity index (χ2v) is 21.8. The van der Waals surface area contributed by atoms with Crippen molar-refractivity contribution in [2.24, 2.45) is 10.7 Å². The highest BCUT2D eigenvalue weighted by atomic mass is 32.1. The largest absolute Gasteiger partial charge is 0.491 e. The van der Waals surface area contributed by atoms with E-state index >= 15 is 0 Å². The Kier molecular flexibility index (Phi) is 12.7. The molecular weight excluding hydrogens is 730 g/mol. The van der Waals surface area contributed by atoms with Crippen molar-refractivity contribution < 1.29 is 23.4 Å². The number of aryl methyl sites for hydroxylation is 1. The van der Waals surface area contributed by atoms with Crippen molar-refractivity contribution in [2.45, 2.75) is 78.3 Å². The summed E-state index contributed by atoms with van der Waals surface area (Å²) in [6, 6.07) is 14.2. The summed E-state index contributed by atoms with van der Waals surface area (Å²) >= 11 is 3.07. The van der Waals surface area contributed by atoms with E-state index < -0.39 is 19.9 Å². The van der Waals surface area contributed by atoms with Crippen LogP contribution in [0.2, 0.25) is 25.7 Å². The molecule has 0 bridgehead atoms. The van der Waals surface area contributed by atoms with Gasteiger partial charge in [0.25, 0.3) is 0 Å². The van der Waals surface area contributed by atoms with Crippen LogP contribution in [-0.2, 0) is 35.4 Å². The number of benzene rings is 2. The van der Waals surface area contributed by atoms with Crippen LogP contribution < -0.4 is 20.2 Å². The summed E-state index contributed by atoms with van der Waals surface area (Å²) in [6.45, 7) is 14.4. The van der Waals surface area contributed by atoms with E-state index in [-0.39, 0.29) is 31.2 Å². The number of nitrogens with two attached hydrogens (primary N) is 1. The van der Waals surface area contributed by atoms with E-state index in [9.17, 15) is 9.18 Å². The van der Waals surface area contributed by atoms with E-state index in [1.165, 1.54) is 17.4 Å². The highest BCUT2D eigenvalue weighted by molar-refractivity contribution is 7.16. The number of hydrogen-bond donors (Lipinski definition) is 1. The van der Waals surface area contributed by atoms with Gasteiger partial charge in [-0.1, -0.05) is 49.2 Å². The fourth-order valence-corrected chi connectivity index (χ4v) is 9.03. The van der Waals surface area contributed by atoms with E-state index in [0.29, 0.717) is 49.1 Å². The number of nitrogens with zero attached hydrogens (tertiary/aromatic N) is 6. The number of aromatic nitrogens is 4. The van der Waals surface area contributed by atoms with Gasteiger partial charge in [0.1, 0.15) is 0 Å². The van der Waals surface area contributed by atoms with Crippen LogP contribution in [-0.4, -0.2) is 66.8 Å². The summed E-state index contributed by atoms with van der Waals surface area (Å²) in [5, 5.41) is 10.0. The number of para-hydroxylation sites is 1. The molecule has 2 aromatic carbocycles. The van der Waals surface area contributed by atoms with Crippen molar-refractivity contribution in [1.29, 1.82) is 0 Å². The summed E-state index contributed by atoms with van der Waals surface area (Å²) in [5.41, 5.74) is 9.76. The first kappa shape index (κ1) is 38.7. The molecule has 0 spiro atoms. The van der Waals surface area contributed by atoms with Crippen LogP contribution in [0.25, 0.3) is 10.2 Å². The fourth-order valence-electron chi connectivity index (χ4n) is 6.10. The molecule has 0 saturated heterocycles. The Morgan fingerprint density at radius 1 is 1.09 bits per heavy atom. The molecule has 0 unspecified atom stereocenters. The highest BCUT2D eigenvalue weighted by Gasteiger charge is 2.29. The number of fused-ring (bicyclic) bond motifs is 2. The summed E-state index contributed by atoms with van der Waals surface area (Å²) in [4.78, 5) is 26.6. The van der Waals surface area contributed by atoms with E-state index in [1.807, 2.05) is 11.0 Å². The fraction of sp³-hybridized carbons (Fsp3) is 0.447. The van der Waals surface area contributed by atoms with Gasteiger partial charge in [0.05, 0.1) is 30.0 Å². The monoisotopic (exact) mass is 777 g/mol. The lowest BCUT2D eigenvalue weighted by molar-refractivity contribution is 0.0519. The molecule has 0 fully saturated rings. The smallest absolute Gasteiger partial charge is 0.358 e. The topological polar surface area (TPSA) is 130 Å². The van der Waals surface area contributed by atoms with Crippen molar-refractivity contribution in [2.75, 3.05) is 37.9 Å². The number of anilines is 2. The molecule has 4 heterocycles. The van der Waals surface area contributed by atoms with E-state index in [2.05, 4.69) is 54.4 Å². The van der Waals surface area contributed by atoms with Gasteiger partial charge in [-0.3, -0.25) is 0 Å². The van der Waals surface area contributed by atoms with E-state index in [4.69, 9.17) is 35.0 Å². The van der Waals surface area contributed by atoms with Gasteiger partial charge in [-0.05, 0) is 75.4 Å². The summed E-state index contributed by atoms with van der Waals surface area (Å²) in [7, 11) is -1.17. The molecule has 0 amide bonds. The molecule has 53 heavy (non-hydrogen) atoms. The Hall–Kier alpha value is -4.02. The van der Waals surface area contributed by atoms with Crippen molar-refractivity contribution in [1.82, 2.24) is 19.7 Å². The predicted molar refractivity (Wildman–Crippen MR) is 212 cm³/mol. The van der Waals surface area contributed by atoms with E-state index in [1.54, 1.807) is 30.4 Å². The van der Waals surface area contributed by atoms with Gasteiger partial charge in [-0.2, -0.15) is 4.99 Å². The minimum atomic E-state index is -1.17. The molecule has 1 aliphatic rings. The molecule has 0 radical (unpaired) electrons. The maximum Gasteiger partial charge on any atom is 0.358 e. The third-order valence-corrected chi connectivity index (χ3v) is 12.9. The maximum atomic E-state index is 14.4. The number of esters is 1. The van der Waals surface area contributed by atoms with Crippen LogP contribution in [0.3, 0.4) is 0 Å². The molecule has 282 valence electrons. The van der Waals surface area contributed by atoms with Crippen LogP contribution in [0.1, 0.15) is 51.8 Å². The number of rotatable bonds is 16. The molecule has 0 aliphatic carbocycles. The van der Waals surface area contributed by atoms with Gasteiger partial charge < -0.3 is 29.4 Å². The molecule has 11 nitrogen and oxygen atoms in total. The van der Waals surface area contributed by atoms with Gasteiger partial charge in [-0.15, -0.1) is 21.5 Å². The number of hydrogen-bond acceptors (Lipinski definition) is 12. The van der Waals surface area contributed by atoms with Crippen LogP contribution in [0, 0.1) is 12.7 Å². The Labute approximate surface area is 318 Å². The van der Waals surface area contributed by atoms with Crippen molar-refractivity contribution in [3.05, 3.63) is 80.3 Å². The van der Waals surface area contributed by atoms with Crippen molar-refractivity contribution in [3.63, 3.8) is 0 Å². The van der Waals surface area contributed by atoms with Crippen LogP contribution in [0.5, 0.6) is 5.75 Å². The quantitative estimate of drug-likeness (QED) is 0.0608. The van der Waals surface area contributed by atoms with Gasteiger partial charge in [-0.25, -0.2) is 14.2 Å². The first-order valence-electron chi connectivity index (χ1n) is 18.2. The minimum Gasteiger partial charge on any atom is -0.491 e. The standard InChI is InChI=1S/C38H48FN7O4S2Si/c1-6-49-36(47)33-32(14-10-19-50-30-16-15-26(24-40)23-28(30)39)52-37(41-33)46-17-9-11-27-25(2)34(43-44-35(27)46)42-38-45(18-20-48-21-22-53(3,4)5)29-12-7-8-13-31(29)51-38/h7-8,12-13,15-16,23H,6,9-11,14,17-22,24,40H2,1-5H3/b42-38-. The van der Waals surface area contributed by atoms with Crippen LogP contribution in [0.15, 0.2) is 47.5 Å². The second-order valence-electron chi connectivity index (χ2n) is 14.2. The average molecular weight is 778 g/mol. The minimum absolute atomic E-state index is 0.173. The Balaban J connectivity index is 1.23. The highest BCUT2D eigenvalue weighted by Crippen LogP contribution is 2.39. The summed E-state index contributed by atoms with van der Waals surface area (Å²) in [5.74, 6) is 0.569. The second kappa shape index (κ2) is 17.4. The summed E-state index contributed by atoms with van der Waals surface area (Å²) in [6.07, 6.45) is 2.77. The SMILES string of the molecule is CCOC(=O)c1nc(N2CCCc3c2nnc(/N=c2\sc4ccccc4n2CCOCC[Si](C)(C)C)c3C)sc1CCCOc1ccc(CN)cc1F. The van der Waals surface area contributed by atoms with Crippen LogP contribution >= 0.6 is 22.7 Å². The number of carbonyl (C=O) groups excluding carboxylic acids is 1. The van der Waals surface area contributed by atoms with Gasteiger partial charge in [0, 0.05) is 50.3 Å². The van der Waals surface area contributed by atoms with Crippen molar-refractivity contribution in [3.8, 4) is 5.75 Å². The zero-order valence-electron chi connectivity index (χ0n) is 31.1. The Morgan fingerprint density at radius 3 is 2.70 bits per heavy atom. The third kappa shape index (κ3) is 9.38. The normalized spacial score (nSPS) is 13.5. The molecule has 5 aromatic rings. The zero-order valence-corrected chi connectivity index (χ0v) is 33.7. The number of thiazole rings is 2. The molecule has 2 N–H and O–H groups in total. The average Bonchev–Trinajstić information content (AvgIpc) is 3.72. The number of halogens is 1. The van der Waals surface area contributed by atoms with Crippen molar-refractivity contribution >= 4 is 63.7 Å². The molecular formula is C38H48FN7O4S2Si. The number of ether oxygens (including phenoxy) is 3. The lowest BCUT2D eigenvalue weighted by Gasteiger charge is -2.28. The lowest BCUT2D eigenvalue weighted by atomic mass is 10.0. The first-order chi connectivity index (χ1) is 25.6. The molecule has 0 atom stereocenters. The zero-order chi connectivity index (χ0) is 37.5. The Morgan fingerprint density at radius 2 is 1.92 bits per heavy atom. The van der Waals surface area contributed by atoms with Gasteiger partial charge in [0.15, 0.2) is 38.8 Å². The molecule has 15 heteroatoms. The lowest BCUT2D eigenvalue weighted by Crippen LogP contribution is -2.27. The van der Waals surface area contributed by atoms with Gasteiger partial charge in [0.2, 0.25) is 0 Å². The molecule has 6 rings (SSSR count). The van der Waals surface area contributed by atoms with Gasteiger partial charge >= 0.3 is 5.97 Å². The molecule has 0 saturated carbocycles. The van der Waals surface area contributed by atoms with E-state index in [0.717, 1.165) is 62.3 Å². The maximum absolute atomic E-state index is 14.4. The van der Waals surface area contributed by atoms with Crippen LogP contribution in [0.4, 0.5) is 21.2 Å². The molecule has 3 aromatic heterocycles. The Bertz CT molecular complexity index is 2130.